The third-order valence-corrected chi connectivity index (χ3v) is 6.62. The van der Waals surface area contributed by atoms with Gasteiger partial charge < -0.3 is 10.1 Å². The fourth-order valence-corrected chi connectivity index (χ4v) is 3.85. The van der Waals surface area contributed by atoms with Crippen molar-refractivity contribution in [1.29, 1.82) is 0 Å². The van der Waals surface area contributed by atoms with E-state index in [0.717, 1.165) is 25.7 Å². The molecular weight excluding hydrogens is 576 g/mol. The molecule has 0 saturated carbocycles. The zero-order chi connectivity index (χ0) is 35.1. The molecule has 258 valence electrons. The van der Waals surface area contributed by atoms with Crippen LogP contribution < -0.4 is 16.0 Å². The average Bonchev–Trinajstić information content (AvgIpc) is 2.93. The minimum Gasteiger partial charge on any atom is -0.444 e. The molecule has 0 saturated heterocycles. The topological polar surface area (TPSA) is 109 Å². The lowest BCUT2D eigenvalue weighted by molar-refractivity contribution is -0.116. The van der Waals surface area contributed by atoms with Crippen molar-refractivity contribution in [3.63, 3.8) is 0 Å². The first-order valence-corrected chi connectivity index (χ1v) is 16.6. The van der Waals surface area contributed by atoms with Gasteiger partial charge in [0, 0.05) is 24.2 Å². The summed E-state index contributed by atoms with van der Waals surface area (Å²) in [6.45, 7) is 22.4. The predicted molar refractivity (Wildman–Crippen MR) is 194 cm³/mol. The van der Waals surface area contributed by atoms with Crippen LogP contribution in [0.2, 0.25) is 0 Å². The number of rotatable bonds is 17. The number of carbonyl (C=O) groups is 3. The Balaban J connectivity index is 5.40. The van der Waals surface area contributed by atoms with Crippen molar-refractivity contribution in [2.24, 2.45) is 16.8 Å². The van der Waals surface area contributed by atoms with Gasteiger partial charge in [0.1, 0.15) is 5.60 Å². The van der Waals surface area contributed by atoms with E-state index in [1.807, 2.05) is 32.9 Å². The molecule has 46 heavy (non-hydrogen) atoms. The molecule has 0 fully saturated rings. The Kier molecular flexibility index (Phi) is 21.7. The first kappa shape index (κ1) is 42.3. The summed E-state index contributed by atoms with van der Waals surface area (Å²) >= 11 is 0. The second kappa shape index (κ2) is 23.6. The van der Waals surface area contributed by atoms with Crippen LogP contribution in [0.3, 0.4) is 0 Å². The van der Waals surface area contributed by atoms with Crippen LogP contribution in [0.25, 0.3) is 0 Å². The SMILES string of the molecule is CC(C)=CCC[C@H](C)/C=C/C=C(\C)C(=O)NC(=NCCCCNC(=O)OC(C)(C)C)NC(=O)/C(C)=C/C=C/[C@@H](C)CCC=C(C)C. The minimum absolute atomic E-state index is 0.0914. The Bertz CT molecular complexity index is 1100. The Morgan fingerprint density at radius 3 is 1.61 bits per heavy atom. The van der Waals surface area contributed by atoms with Gasteiger partial charge in [-0.25, -0.2) is 4.79 Å². The van der Waals surface area contributed by atoms with E-state index in [4.69, 9.17) is 4.74 Å². The van der Waals surface area contributed by atoms with Gasteiger partial charge >= 0.3 is 6.09 Å². The Morgan fingerprint density at radius 1 is 0.739 bits per heavy atom. The number of amides is 3. The van der Waals surface area contributed by atoms with Crippen LogP contribution in [-0.2, 0) is 14.3 Å². The first-order chi connectivity index (χ1) is 21.5. The zero-order valence-electron chi connectivity index (χ0n) is 30.5. The number of alkyl carbamates (subject to hydrolysis) is 1. The first-order valence-electron chi connectivity index (χ1n) is 16.6. The van der Waals surface area contributed by atoms with E-state index in [9.17, 15) is 14.4 Å². The molecule has 2 atom stereocenters. The minimum atomic E-state index is -0.558. The van der Waals surface area contributed by atoms with Gasteiger partial charge in [-0.3, -0.25) is 25.2 Å². The molecule has 3 N–H and O–H groups in total. The highest BCUT2D eigenvalue weighted by molar-refractivity contribution is 6.12. The van der Waals surface area contributed by atoms with Crippen molar-refractivity contribution in [3.8, 4) is 0 Å². The molecule has 0 aromatic heterocycles. The van der Waals surface area contributed by atoms with Gasteiger partial charge in [0.15, 0.2) is 0 Å². The second-order valence-electron chi connectivity index (χ2n) is 13.4. The Labute approximate surface area is 279 Å². The van der Waals surface area contributed by atoms with E-state index in [1.165, 1.54) is 11.1 Å². The van der Waals surface area contributed by atoms with Crippen molar-refractivity contribution in [2.75, 3.05) is 13.1 Å². The second-order valence-corrected chi connectivity index (χ2v) is 13.4. The van der Waals surface area contributed by atoms with Gasteiger partial charge in [0.05, 0.1) is 0 Å². The number of ether oxygens (including phenoxy) is 1. The summed E-state index contributed by atoms with van der Waals surface area (Å²) in [6, 6.07) is 0. The number of hydrogen-bond acceptors (Lipinski definition) is 5. The smallest absolute Gasteiger partial charge is 0.407 e. The van der Waals surface area contributed by atoms with Crippen LogP contribution in [0.1, 0.15) is 115 Å². The Morgan fingerprint density at radius 2 is 1.20 bits per heavy atom. The molecule has 0 aliphatic rings. The molecule has 0 unspecified atom stereocenters. The van der Waals surface area contributed by atoms with Gasteiger partial charge in [-0.2, -0.15) is 0 Å². The molecule has 0 aromatic carbocycles. The summed E-state index contributed by atoms with van der Waals surface area (Å²) in [5.74, 6) is 0.161. The highest BCUT2D eigenvalue weighted by Gasteiger charge is 2.15. The number of nitrogens with one attached hydrogen (secondary N) is 3. The molecule has 8 nitrogen and oxygen atoms in total. The summed E-state index contributed by atoms with van der Waals surface area (Å²) in [7, 11) is 0. The average molecular weight is 639 g/mol. The number of guanidine groups is 1. The van der Waals surface area contributed by atoms with E-state index < -0.39 is 11.7 Å². The summed E-state index contributed by atoms with van der Waals surface area (Å²) in [5.41, 5.74) is 3.06. The van der Waals surface area contributed by atoms with Crippen LogP contribution in [-0.4, -0.2) is 42.6 Å². The summed E-state index contributed by atoms with van der Waals surface area (Å²) < 4.78 is 5.25. The summed E-state index contributed by atoms with van der Waals surface area (Å²) in [5, 5.41) is 8.24. The summed E-state index contributed by atoms with van der Waals surface area (Å²) in [4.78, 5) is 42.3. The van der Waals surface area contributed by atoms with E-state index >= 15 is 0 Å². The van der Waals surface area contributed by atoms with Crippen LogP contribution in [0.4, 0.5) is 4.79 Å². The van der Waals surface area contributed by atoms with Crippen molar-refractivity contribution in [1.82, 2.24) is 16.0 Å². The van der Waals surface area contributed by atoms with Crippen LogP contribution in [0.15, 0.2) is 75.9 Å². The largest absolute Gasteiger partial charge is 0.444 e. The number of nitrogens with zero attached hydrogens (tertiary/aromatic N) is 1. The predicted octanol–water partition coefficient (Wildman–Crippen LogP) is 8.65. The van der Waals surface area contributed by atoms with E-state index in [0.29, 0.717) is 48.9 Å². The normalized spacial score (nSPS) is 13.5. The van der Waals surface area contributed by atoms with E-state index in [-0.39, 0.29) is 17.8 Å². The van der Waals surface area contributed by atoms with E-state index in [2.05, 4.69) is 86.8 Å². The molecular formula is C38H62N4O4. The van der Waals surface area contributed by atoms with Gasteiger partial charge in [-0.15, -0.1) is 0 Å². The zero-order valence-corrected chi connectivity index (χ0v) is 30.5. The lowest BCUT2D eigenvalue weighted by Crippen LogP contribution is -2.44. The molecule has 0 bridgehead atoms. The molecule has 0 spiro atoms. The number of aliphatic imine (C=N–C) groups is 1. The molecule has 0 heterocycles. The van der Waals surface area contributed by atoms with Gasteiger partial charge in [0.25, 0.3) is 11.8 Å². The van der Waals surface area contributed by atoms with Crippen LogP contribution in [0.5, 0.6) is 0 Å². The number of hydrogen-bond donors (Lipinski definition) is 3. The maximum absolute atomic E-state index is 13.0. The Hall–Kier alpha value is -3.68. The maximum atomic E-state index is 13.0. The molecule has 8 heteroatoms. The van der Waals surface area contributed by atoms with Crippen LogP contribution in [0, 0.1) is 11.8 Å². The number of carbonyl (C=O) groups excluding carboxylic acids is 3. The molecule has 0 aliphatic carbocycles. The van der Waals surface area contributed by atoms with Crippen molar-refractivity contribution in [3.05, 3.63) is 70.9 Å². The van der Waals surface area contributed by atoms with Gasteiger partial charge in [-0.05, 0) is 113 Å². The molecule has 0 radical (unpaired) electrons. The third-order valence-electron chi connectivity index (χ3n) is 6.62. The quantitative estimate of drug-likeness (QED) is 0.0370. The van der Waals surface area contributed by atoms with Crippen molar-refractivity contribution < 1.29 is 19.1 Å². The fraction of sp³-hybridized carbons (Fsp3) is 0.579. The fourth-order valence-electron chi connectivity index (χ4n) is 3.85. The number of unbranched alkanes of at least 4 members (excludes halogenated alkanes) is 1. The van der Waals surface area contributed by atoms with Crippen LogP contribution >= 0.6 is 0 Å². The van der Waals surface area contributed by atoms with E-state index in [1.54, 1.807) is 26.0 Å². The monoisotopic (exact) mass is 638 g/mol. The molecule has 0 aliphatic heterocycles. The maximum Gasteiger partial charge on any atom is 0.407 e. The number of allylic oxidation sites excluding steroid dienone is 10. The lowest BCUT2D eigenvalue weighted by atomic mass is 10.0. The molecule has 0 aromatic rings. The highest BCUT2D eigenvalue weighted by Crippen LogP contribution is 2.11. The third kappa shape index (κ3) is 24.6. The summed E-state index contributed by atoms with van der Waals surface area (Å²) in [6.07, 6.45) is 20.9. The van der Waals surface area contributed by atoms with Crippen molar-refractivity contribution >= 4 is 23.9 Å². The van der Waals surface area contributed by atoms with Gasteiger partial charge in [0.2, 0.25) is 5.96 Å². The molecule has 0 rings (SSSR count). The highest BCUT2D eigenvalue weighted by atomic mass is 16.6. The standard InChI is InChI=1S/C38H62N4O4/c1-28(2)18-14-20-30(5)22-16-24-32(7)34(43)41-36(39-26-12-13-27-40-37(45)46-38(9,10)11)42-35(44)33(8)25-17-23-31(6)21-15-19-29(3)4/h16-19,22-25,30-31H,12-15,20-21,26-27H2,1-11H3,(H,40,45)(H2,39,41,42,43,44)/b22-16+,23-17+,32-24+,33-25+/t30-,31-/m0/s1. The molecule has 3 amide bonds. The van der Waals surface area contributed by atoms with Gasteiger partial charge in [-0.1, -0.05) is 73.6 Å². The van der Waals surface area contributed by atoms with Crippen molar-refractivity contribution in [2.45, 2.75) is 120 Å². The lowest BCUT2D eigenvalue weighted by Gasteiger charge is -2.19.